The standard InChI is InChI=1S/C76H143NO13/c1-3-5-7-9-11-13-15-17-19-21-23-25-27-29-31-32-33-34-36-38-40-42-44-46-48-50-52-54-56-58-60-68(81)77-64(63-87-75-73(86)71(84)74(67(62-79)89-75)90-76-72(85)70(83)69(82)66(61-78)88-76)65(80)59-57-55-53-51-49-47-45-43-41-39-37-35-30-28-26-24-22-20-18-16-14-12-10-8-6-4-2/h41,43,49,51,57,59,64-67,69-76,78-80,82-86H,3-40,42,44-48,50,52-56,58,60-63H2,1-2H3,(H,77,81)/b43-41+,51-49+,59-57+. The van der Waals surface area contributed by atoms with Crippen molar-refractivity contribution < 1.29 is 64.6 Å². The van der Waals surface area contributed by atoms with Gasteiger partial charge < -0.3 is 65.1 Å². The molecular formula is C76H143NO13. The molecule has 1 amide bonds. The van der Waals surface area contributed by atoms with Gasteiger partial charge in [-0.25, -0.2) is 0 Å². The quantitative estimate of drug-likeness (QED) is 0.0204. The SMILES string of the molecule is CCCCCCCCCCCCCCCCCC/C=C/CC/C=C/CC/C=C/C(O)C(COC1OC(CO)C(OC2OC(CO)C(O)C(O)C2O)C(O)C1O)NC(=O)CCCCCCCCCCCCCCCCCCCCCCCCCCCCCCCC. The van der Waals surface area contributed by atoms with E-state index in [4.69, 9.17) is 18.9 Å². The minimum atomic E-state index is -1.79. The minimum absolute atomic E-state index is 0.246. The van der Waals surface area contributed by atoms with Gasteiger partial charge in [0.05, 0.1) is 32.0 Å². The lowest BCUT2D eigenvalue weighted by Gasteiger charge is -2.46. The number of carbonyl (C=O) groups is 1. The van der Waals surface area contributed by atoms with Crippen LogP contribution in [0.5, 0.6) is 0 Å². The summed E-state index contributed by atoms with van der Waals surface area (Å²) < 4.78 is 22.9. The molecule has 530 valence electrons. The zero-order valence-corrected chi connectivity index (χ0v) is 57.9. The summed E-state index contributed by atoms with van der Waals surface area (Å²) in [5.74, 6) is -0.246. The van der Waals surface area contributed by atoms with Gasteiger partial charge in [-0.05, 0) is 44.9 Å². The fraction of sp³-hybridized carbons (Fsp3) is 0.908. The number of hydrogen-bond acceptors (Lipinski definition) is 13. The number of unbranched alkanes of at least 4 members (excludes halogenated alkanes) is 47. The maximum Gasteiger partial charge on any atom is 0.220 e. The van der Waals surface area contributed by atoms with Crippen LogP contribution in [0, 0.1) is 0 Å². The molecule has 2 heterocycles. The molecule has 0 spiro atoms. The van der Waals surface area contributed by atoms with Crippen molar-refractivity contribution in [2.24, 2.45) is 0 Å². The molecule has 0 aromatic heterocycles. The van der Waals surface area contributed by atoms with Gasteiger partial charge in [0.2, 0.25) is 5.91 Å². The lowest BCUT2D eigenvalue weighted by Crippen LogP contribution is -2.65. The molecule has 0 saturated carbocycles. The van der Waals surface area contributed by atoms with Crippen molar-refractivity contribution in [2.75, 3.05) is 19.8 Å². The Bertz CT molecular complexity index is 1650. The van der Waals surface area contributed by atoms with E-state index in [1.165, 1.54) is 270 Å². The summed E-state index contributed by atoms with van der Waals surface area (Å²) in [7, 11) is 0. The highest BCUT2D eigenvalue weighted by molar-refractivity contribution is 5.76. The second-order valence-electron chi connectivity index (χ2n) is 27.1. The Morgan fingerprint density at radius 1 is 0.389 bits per heavy atom. The predicted octanol–water partition coefficient (Wildman–Crippen LogP) is 16.5. The van der Waals surface area contributed by atoms with Crippen molar-refractivity contribution in [1.29, 1.82) is 0 Å². The van der Waals surface area contributed by atoms with E-state index in [0.29, 0.717) is 12.8 Å². The molecule has 14 heteroatoms. The number of amides is 1. The van der Waals surface area contributed by atoms with Gasteiger partial charge in [0, 0.05) is 6.42 Å². The molecule has 2 rings (SSSR count). The van der Waals surface area contributed by atoms with Crippen molar-refractivity contribution in [3.63, 3.8) is 0 Å². The van der Waals surface area contributed by atoms with E-state index in [2.05, 4.69) is 43.5 Å². The molecule has 12 atom stereocenters. The summed E-state index contributed by atoms with van der Waals surface area (Å²) in [6, 6.07) is -0.938. The number of aliphatic hydroxyl groups excluding tert-OH is 8. The third-order valence-corrected chi connectivity index (χ3v) is 18.8. The van der Waals surface area contributed by atoms with Crippen molar-refractivity contribution in [1.82, 2.24) is 5.32 Å². The van der Waals surface area contributed by atoms with Gasteiger partial charge in [-0.2, -0.15) is 0 Å². The highest BCUT2D eigenvalue weighted by Crippen LogP contribution is 2.30. The smallest absolute Gasteiger partial charge is 0.220 e. The fourth-order valence-electron chi connectivity index (χ4n) is 12.7. The number of ether oxygens (including phenoxy) is 4. The van der Waals surface area contributed by atoms with Crippen LogP contribution in [0.15, 0.2) is 36.5 Å². The van der Waals surface area contributed by atoms with Crippen LogP contribution in [0.25, 0.3) is 0 Å². The van der Waals surface area contributed by atoms with Gasteiger partial charge in [0.1, 0.15) is 48.8 Å². The number of hydrogen-bond donors (Lipinski definition) is 9. The Balaban J connectivity index is 1.66. The monoisotopic (exact) mass is 1280 g/mol. The van der Waals surface area contributed by atoms with Crippen LogP contribution < -0.4 is 5.32 Å². The molecule has 2 aliphatic rings. The third kappa shape index (κ3) is 44.0. The molecule has 90 heavy (non-hydrogen) atoms. The van der Waals surface area contributed by atoms with E-state index in [0.717, 1.165) is 44.9 Å². The second kappa shape index (κ2) is 60.8. The van der Waals surface area contributed by atoms with E-state index in [9.17, 15) is 45.6 Å². The number of aliphatic hydroxyl groups is 8. The maximum absolute atomic E-state index is 13.4. The van der Waals surface area contributed by atoms with Crippen LogP contribution in [0.2, 0.25) is 0 Å². The van der Waals surface area contributed by atoms with Gasteiger partial charge >= 0.3 is 0 Å². The molecule has 0 aliphatic carbocycles. The molecule has 12 unspecified atom stereocenters. The highest BCUT2D eigenvalue weighted by atomic mass is 16.7. The molecule has 0 radical (unpaired) electrons. The summed E-state index contributed by atoms with van der Waals surface area (Å²) in [4.78, 5) is 13.4. The van der Waals surface area contributed by atoms with Crippen LogP contribution in [-0.2, 0) is 23.7 Å². The average molecular weight is 1280 g/mol. The fourth-order valence-corrected chi connectivity index (χ4v) is 12.7. The Hall–Kier alpha value is -1.79. The Kier molecular flexibility index (Phi) is 57.0. The first kappa shape index (κ1) is 84.3. The first-order valence-electron chi connectivity index (χ1n) is 38.2. The van der Waals surface area contributed by atoms with Crippen LogP contribution in [0.3, 0.4) is 0 Å². The van der Waals surface area contributed by atoms with Crippen LogP contribution in [-0.4, -0.2) is 140 Å². The van der Waals surface area contributed by atoms with Gasteiger partial charge in [0.25, 0.3) is 0 Å². The number of nitrogens with one attached hydrogen (secondary N) is 1. The summed E-state index contributed by atoms with van der Waals surface area (Å²) >= 11 is 0. The molecule has 0 bridgehead atoms. The second-order valence-corrected chi connectivity index (χ2v) is 27.1. The minimum Gasteiger partial charge on any atom is -0.394 e. The van der Waals surface area contributed by atoms with Gasteiger partial charge in [-0.1, -0.05) is 333 Å². The van der Waals surface area contributed by atoms with E-state index >= 15 is 0 Å². The molecule has 2 fully saturated rings. The summed E-state index contributed by atoms with van der Waals surface area (Å²) in [5.41, 5.74) is 0. The first-order chi connectivity index (χ1) is 44.1. The van der Waals surface area contributed by atoms with Crippen LogP contribution in [0.4, 0.5) is 0 Å². The van der Waals surface area contributed by atoms with E-state index in [-0.39, 0.29) is 18.9 Å². The van der Waals surface area contributed by atoms with E-state index in [1.54, 1.807) is 6.08 Å². The molecule has 0 aromatic carbocycles. The predicted molar refractivity (Wildman–Crippen MR) is 369 cm³/mol. The van der Waals surface area contributed by atoms with Crippen molar-refractivity contribution in [2.45, 2.75) is 421 Å². The normalized spacial score (nSPS) is 23.0. The van der Waals surface area contributed by atoms with Gasteiger partial charge in [-0.3, -0.25) is 4.79 Å². The molecule has 2 aliphatic heterocycles. The third-order valence-electron chi connectivity index (χ3n) is 18.8. The Morgan fingerprint density at radius 2 is 0.711 bits per heavy atom. The van der Waals surface area contributed by atoms with E-state index in [1.807, 2.05) is 6.08 Å². The number of carbonyl (C=O) groups excluding carboxylic acids is 1. The molecule has 9 N–H and O–H groups in total. The van der Waals surface area contributed by atoms with Crippen molar-refractivity contribution in [3.8, 4) is 0 Å². The maximum atomic E-state index is 13.4. The van der Waals surface area contributed by atoms with Crippen molar-refractivity contribution >= 4 is 5.91 Å². The van der Waals surface area contributed by atoms with Gasteiger partial charge in [0.15, 0.2) is 12.6 Å². The Labute approximate surface area is 551 Å². The van der Waals surface area contributed by atoms with Crippen molar-refractivity contribution in [3.05, 3.63) is 36.5 Å². The van der Waals surface area contributed by atoms with E-state index < -0.39 is 86.8 Å². The zero-order chi connectivity index (χ0) is 65.2. The van der Waals surface area contributed by atoms with Gasteiger partial charge in [-0.15, -0.1) is 0 Å². The molecule has 2 saturated heterocycles. The number of rotatable bonds is 64. The van der Waals surface area contributed by atoms with Crippen LogP contribution in [0.1, 0.15) is 348 Å². The topological polar surface area (TPSA) is 228 Å². The first-order valence-corrected chi connectivity index (χ1v) is 38.2. The Morgan fingerprint density at radius 3 is 1.09 bits per heavy atom. The summed E-state index contributed by atoms with van der Waals surface area (Å²) in [6.07, 6.45) is 62.3. The summed E-state index contributed by atoms with van der Waals surface area (Å²) in [6.45, 7) is 2.84. The largest absolute Gasteiger partial charge is 0.394 e. The average Bonchev–Trinajstić information content (AvgIpc) is 1.20. The lowest BCUT2D eigenvalue weighted by molar-refractivity contribution is -0.359. The molecule has 0 aromatic rings. The zero-order valence-electron chi connectivity index (χ0n) is 57.9. The molecular weight excluding hydrogens is 1130 g/mol. The lowest BCUT2D eigenvalue weighted by atomic mass is 9.97. The number of allylic oxidation sites excluding steroid dienone is 5. The van der Waals surface area contributed by atoms with Crippen LogP contribution >= 0.6 is 0 Å². The summed E-state index contributed by atoms with van der Waals surface area (Å²) in [5, 5.41) is 87.5. The molecule has 14 nitrogen and oxygen atoms in total. The highest BCUT2D eigenvalue weighted by Gasteiger charge is 2.51.